The Labute approximate surface area is 117 Å². The van der Waals surface area contributed by atoms with Crippen LogP contribution in [-0.2, 0) is 6.54 Å². The second kappa shape index (κ2) is 6.87. The summed E-state index contributed by atoms with van der Waals surface area (Å²) in [6, 6.07) is 3.76. The van der Waals surface area contributed by atoms with Gasteiger partial charge in [-0.05, 0) is 12.1 Å². The summed E-state index contributed by atoms with van der Waals surface area (Å²) < 4.78 is 37.1. The Balaban J connectivity index is 2.96. The van der Waals surface area contributed by atoms with Crippen molar-refractivity contribution in [1.82, 2.24) is 4.90 Å². The van der Waals surface area contributed by atoms with Crippen molar-refractivity contribution < 1.29 is 23.2 Å². The number of aliphatic hydroxyl groups excluding tert-OH is 1. The van der Waals surface area contributed by atoms with Crippen molar-refractivity contribution >= 4 is 17.3 Å². The van der Waals surface area contributed by atoms with E-state index in [-0.39, 0.29) is 29.4 Å². The van der Waals surface area contributed by atoms with Crippen molar-refractivity contribution in [3.8, 4) is 0 Å². The third-order valence-corrected chi connectivity index (χ3v) is 2.69. The third kappa shape index (κ3) is 5.32. The molecule has 5 nitrogen and oxygen atoms in total. The summed E-state index contributed by atoms with van der Waals surface area (Å²) in [5.41, 5.74) is -0.236. The van der Waals surface area contributed by atoms with E-state index in [9.17, 15) is 23.3 Å². The van der Waals surface area contributed by atoms with Crippen LogP contribution < -0.4 is 0 Å². The summed E-state index contributed by atoms with van der Waals surface area (Å²) in [6.07, 6.45) is -4.45. The average Bonchev–Trinajstić information content (AvgIpc) is 2.29. The van der Waals surface area contributed by atoms with Crippen LogP contribution >= 0.6 is 11.6 Å². The average molecular weight is 313 g/mol. The quantitative estimate of drug-likeness (QED) is 0.647. The number of aliphatic hydroxyl groups is 1. The van der Waals surface area contributed by atoms with Crippen molar-refractivity contribution in [2.24, 2.45) is 0 Å². The standard InChI is InChI=1S/C11H12ClF3N2O3/c12-9-2-1-8(10(5-9)17(19)20)6-16(3-4-18)7-11(13,14)15/h1-2,5,18H,3-4,6-7H2. The van der Waals surface area contributed by atoms with E-state index in [1.54, 1.807) is 0 Å². The molecule has 0 heterocycles. The number of nitro groups is 1. The normalized spacial score (nSPS) is 11.9. The van der Waals surface area contributed by atoms with E-state index in [0.29, 0.717) is 0 Å². The van der Waals surface area contributed by atoms with Crippen LogP contribution in [0.4, 0.5) is 18.9 Å². The smallest absolute Gasteiger partial charge is 0.395 e. The molecular formula is C11H12ClF3N2O3. The van der Waals surface area contributed by atoms with Crippen LogP contribution in [0, 0.1) is 10.1 Å². The van der Waals surface area contributed by atoms with Gasteiger partial charge in [0.1, 0.15) is 0 Å². The number of halogens is 4. The molecule has 1 aromatic carbocycles. The molecule has 0 atom stereocenters. The monoisotopic (exact) mass is 312 g/mol. The van der Waals surface area contributed by atoms with Crippen molar-refractivity contribution in [2.45, 2.75) is 12.7 Å². The SMILES string of the molecule is O=[N+]([O-])c1cc(Cl)ccc1CN(CCO)CC(F)(F)F. The van der Waals surface area contributed by atoms with E-state index in [4.69, 9.17) is 16.7 Å². The topological polar surface area (TPSA) is 66.6 Å². The van der Waals surface area contributed by atoms with Gasteiger partial charge in [-0.2, -0.15) is 13.2 Å². The molecule has 0 saturated carbocycles. The molecule has 112 valence electrons. The number of rotatable bonds is 6. The summed E-state index contributed by atoms with van der Waals surface area (Å²) in [5, 5.41) is 19.8. The van der Waals surface area contributed by atoms with Crippen molar-refractivity contribution in [3.63, 3.8) is 0 Å². The van der Waals surface area contributed by atoms with Gasteiger partial charge in [0.25, 0.3) is 5.69 Å². The molecule has 0 aliphatic heterocycles. The zero-order valence-electron chi connectivity index (χ0n) is 10.2. The van der Waals surface area contributed by atoms with Crippen LogP contribution in [0.5, 0.6) is 0 Å². The van der Waals surface area contributed by atoms with Crippen LogP contribution in [0.3, 0.4) is 0 Å². The van der Waals surface area contributed by atoms with Crippen molar-refractivity contribution in [3.05, 3.63) is 38.9 Å². The van der Waals surface area contributed by atoms with Gasteiger partial charge in [-0.3, -0.25) is 15.0 Å². The van der Waals surface area contributed by atoms with E-state index in [1.807, 2.05) is 0 Å². The van der Waals surface area contributed by atoms with Gasteiger partial charge < -0.3 is 5.11 Å². The Morgan fingerprint density at radius 1 is 1.40 bits per heavy atom. The van der Waals surface area contributed by atoms with Gasteiger partial charge in [-0.25, -0.2) is 0 Å². The molecule has 0 fully saturated rings. The van der Waals surface area contributed by atoms with Crippen LogP contribution in [0.25, 0.3) is 0 Å². The van der Waals surface area contributed by atoms with Gasteiger partial charge in [0.05, 0.1) is 18.1 Å². The molecule has 0 spiro atoms. The van der Waals surface area contributed by atoms with Gasteiger partial charge in [0.2, 0.25) is 0 Å². The van der Waals surface area contributed by atoms with Gasteiger partial charge in [0, 0.05) is 29.7 Å². The Hall–Kier alpha value is -1.38. The second-order valence-electron chi connectivity index (χ2n) is 4.08. The molecular weight excluding hydrogens is 301 g/mol. The number of nitrogens with zero attached hydrogens (tertiary/aromatic N) is 2. The molecule has 0 aromatic heterocycles. The second-order valence-corrected chi connectivity index (χ2v) is 4.52. The lowest BCUT2D eigenvalue weighted by atomic mass is 10.1. The Kier molecular flexibility index (Phi) is 5.73. The first-order valence-corrected chi connectivity index (χ1v) is 5.93. The minimum absolute atomic E-state index is 0.108. The Morgan fingerprint density at radius 3 is 2.55 bits per heavy atom. The fourth-order valence-electron chi connectivity index (χ4n) is 1.69. The van der Waals surface area contributed by atoms with Gasteiger partial charge in [-0.15, -0.1) is 0 Å². The summed E-state index contributed by atoms with van der Waals surface area (Å²) >= 11 is 5.63. The minimum atomic E-state index is -4.45. The minimum Gasteiger partial charge on any atom is -0.395 e. The molecule has 20 heavy (non-hydrogen) atoms. The summed E-state index contributed by atoms with van der Waals surface area (Å²) in [4.78, 5) is 11.0. The molecule has 0 bridgehead atoms. The third-order valence-electron chi connectivity index (χ3n) is 2.46. The van der Waals surface area contributed by atoms with Crippen LogP contribution in [0.15, 0.2) is 18.2 Å². The van der Waals surface area contributed by atoms with Crippen LogP contribution in [-0.4, -0.2) is 40.8 Å². The predicted octanol–water partition coefficient (Wildman–Crippen LogP) is 2.60. The first-order chi connectivity index (χ1) is 9.23. The highest BCUT2D eigenvalue weighted by Crippen LogP contribution is 2.25. The first-order valence-electron chi connectivity index (χ1n) is 5.55. The van der Waals surface area contributed by atoms with E-state index >= 15 is 0 Å². The zero-order chi connectivity index (χ0) is 15.3. The zero-order valence-corrected chi connectivity index (χ0v) is 11.0. The fourth-order valence-corrected chi connectivity index (χ4v) is 1.86. The fraction of sp³-hybridized carbons (Fsp3) is 0.455. The van der Waals surface area contributed by atoms with E-state index in [0.717, 1.165) is 11.0 Å². The molecule has 0 radical (unpaired) electrons. The molecule has 9 heteroatoms. The lowest BCUT2D eigenvalue weighted by Crippen LogP contribution is -2.35. The number of hydrogen-bond donors (Lipinski definition) is 1. The van der Waals surface area contributed by atoms with Crippen molar-refractivity contribution in [1.29, 1.82) is 0 Å². The molecule has 0 saturated heterocycles. The highest BCUT2D eigenvalue weighted by atomic mass is 35.5. The lowest BCUT2D eigenvalue weighted by Gasteiger charge is -2.22. The maximum Gasteiger partial charge on any atom is 0.401 e. The summed E-state index contributed by atoms with van der Waals surface area (Å²) in [6.45, 7) is -2.27. The number of nitro benzene ring substituents is 1. The first kappa shape index (κ1) is 16.7. The highest BCUT2D eigenvalue weighted by molar-refractivity contribution is 6.30. The molecule has 1 aromatic rings. The number of benzene rings is 1. The van der Waals surface area contributed by atoms with Gasteiger partial charge >= 0.3 is 6.18 Å². The maximum absolute atomic E-state index is 12.4. The van der Waals surface area contributed by atoms with Crippen molar-refractivity contribution in [2.75, 3.05) is 19.7 Å². The Bertz CT molecular complexity index is 482. The van der Waals surface area contributed by atoms with Crippen LogP contribution in [0.1, 0.15) is 5.56 Å². The molecule has 0 aliphatic rings. The molecule has 1 rings (SSSR count). The Morgan fingerprint density at radius 2 is 2.05 bits per heavy atom. The maximum atomic E-state index is 12.4. The predicted molar refractivity (Wildman–Crippen MR) is 66.5 cm³/mol. The number of hydrogen-bond acceptors (Lipinski definition) is 4. The number of alkyl halides is 3. The summed E-state index contributed by atoms with van der Waals surface area (Å²) in [7, 11) is 0. The molecule has 0 amide bonds. The molecule has 1 N–H and O–H groups in total. The van der Waals surface area contributed by atoms with E-state index in [2.05, 4.69) is 0 Å². The summed E-state index contributed by atoms with van der Waals surface area (Å²) in [5.74, 6) is 0. The molecule has 0 aliphatic carbocycles. The lowest BCUT2D eigenvalue weighted by molar-refractivity contribution is -0.385. The van der Waals surface area contributed by atoms with Gasteiger partial charge in [0.15, 0.2) is 0 Å². The van der Waals surface area contributed by atoms with Crippen LogP contribution in [0.2, 0.25) is 5.02 Å². The van der Waals surface area contributed by atoms with Gasteiger partial charge in [-0.1, -0.05) is 11.6 Å². The highest BCUT2D eigenvalue weighted by Gasteiger charge is 2.31. The van der Waals surface area contributed by atoms with E-state index in [1.165, 1.54) is 12.1 Å². The molecule has 0 unspecified atom stereocenters. The van der Waals surface area contributed by atoms with E-state index < -0.39 is 24.3 Å². The largest absolute Gasteiger partial charge is 0.401 e.